The number of hydrogen-bond donors (Lipinski definition) is 0. The summed E-state index contributed by atoms with van der Waals surface area (Å²) in [5.41, 5.74) is 12.8. The van der Waals surface area contributed by atoms with Gasteiger partial charge in [0.1, 0.15) is 11.6 Å². The smallest absolute Gasteiger partial charge is 0.162 e. The lowest BCUT2D eigenvalue weighted by atomic mass is 9.98. The lowest BCUT2D eigenvalue weighted by molar-refractivity contribution is 1.13. The average Bonchev–Trinajstić information content (AvgIpc) is 3.82. The molecule has 0 aliphatic carbocycles. The highest BCUT2D eigenvalue weighted by molar-refractivity contribution is 6.26. The fourth-order valence-corrected chi connectivity index (χ4v) is 8.63. The monoisotopic (exact) mass is 739 g/mol. The molecule has 0 spiro atoms. The van der Waals surface area contributed by atoms with Crippen molar-refractivity contribution in [2.45, 2.75) is 0 Å². The Bertz CT molecular complexity index is 3320. The summed E-state index contributed by atoms with van der Waals surface area (Å²) in [6, 6.07) is 71.9. The molecule has 0 aliphatic rings. The van der Waals surface area contributed by atoms with E-state index in [0.717, 1.165) is 66.6 Å². The molecule has 0 aliphatic heterocycles. The van der Waals surface area contributed by atoms with Crippen LogP contribution in [0.4, 0.5) is 0 Å². The summed E-state index contributed by atoms with van der Waals surface area (Å²) < 4.78 is 4.78. The van der Waals surface area contributed by atoms with Gasteiger partial charge in [0.05, 0.1) is 39.1 Å². The quantitative estimate of drug-likeness (QED) is 0.171. The highest BCUT2D eigenvalue weighted by atomic mass is 15.0. The van der Waals surface area contributed by atoms with E-state index in [1.165, 1.54) is 16.2 Å². The number of para-hydroxylation sites is 3. The van der Waals surface area contributed by atoms with Crippen LogP contribution in [-0.2, 0) is 0 Å². The van der Waals surface area contributed by atoms with Gasteiger partial charge >= 0.3 is 0 Å². The Morgan fingerprint density at radius 2 is 0.948 bits per heavy atom. The molecule has 8 aromatic carbocycles. The molecule has 5 nitrogen and oxygen atoms in total. The van der Waals surface area contributed by atoms with Gasteiger partial charge < -0.3 is 9.13 Å². The van der Waals surface area contributed by atoms with Crippen LogP contribution in [0, 0.1) is 11.3 Å². The van der Waals surface area contributed by atoms with Gasteiger partial charge in [0.25, 0.3) is 0 Å². The van der Waals surface area contributed by atoms with E-state index in [2.05, 4.69) is 149 Å². The van der Waals surface area contributed by atoms with Crippen molar-refractivity contribution in [3.05, 3.63) is 206 Å². The van der Waals surface area contributed by atoms with Crippen LogP contribution < -0.4 is 0 Å². The third kappa shape index (κ3) is 5.24. The number of aromatic nitrogens is 4. The maximum absolute atomic E-state index is 10.7. The summed E-state index contributed by atoms with van der Waals surface area (Å²) in [5, 5.41) is 15.5. The second-order valence-electron chi connectivity index (χ2n) is 14.5. The van der Waals surface area contributed by atoms with E-state index >= 15 is 0 Å². The summed E-state index contributed by atoms with van der Waals surface area (Å²) in [5.74, 6) is 0.537. The molecule has 0 amide bonds. The minimum atomic E-state index is 0.440. The van der Waals surface area contributed by atoms with Crippen molar-refractivity contribution in [1.29, 1.82) is 5.26 Å². The highest BCUT2D eigenvalue weighted by Gasteiger charge is 2.25. The Morgan fingerprint density at radius 3 is 1.57 bits per heavy atom. The molecule has 0 radical (unpaired) electrons. The summed E-state index contributed by atoms with van der Waals surface area (Å²) in [7, 11) is 0. The highest BCUT2D eigenvalue weighted by Crippen LogP contribution is 2.44. The van der Waals surface area contributed by atoms with Crippen LogP contribution in [0.15, 0.2) is 200 Å². The predicted molar refractivity (Wildman–Crippen MR) is 237 cm³/mol. The van der Waals surface area contributed by atoms with E-state index in [9.17, 15) is 5.26 Å². The molecule has 0 N–H and O–H groups in total. The first-order valence-electron chi connectivity index (χ1n) is 19.4. The van der Waals surface area contributed by atoms with Gasteiger partial charge in [-0.05, 0) is 53.6 Å². The van der Waals surface area contributed by atoms with Gasteiger partial charge in [-0.3, -0.25) is 0 Å². The lowest BCUT2D eigenvalue weighted by Gasteiger charge is -2.17. The van der Waals surface area contributed by atoms with E-state index in [4.69, 9.17) is 9.97 Å². The van der Waals surface area contributed by atoms with Crippen LogP contribution in [-0.4, -0.2) is 19.1 Å². The Labute approximate surface area is 335 Å². The van der Waals surface area contributed by atoms with Gasteiger partial charge in [0, 0.05) is 43.9 Å². The molecule has 5 heteroatoms. The summed E-state index contributed by atoms with van der Waals surface area (Å²) in [6.07, 6.45) is 0. The first-order chi connectivity index (χ1) is 28.8. The SMILES string of the molecule is N#Cc1c(-c2ccccc2)nc(-c2cc(-c3ccccc3)ccc2-n2c3ccccc3c3c2ccc2c4ccccc4n(-c4ccccc4)c23)nc1-c1ccccc1. The van der Waals surface area contributed by atoms with Crippen molar-refractivity contribution in [2.24, 2.45) is 0 Å². The molecular formula is C53H33N5. The van der Waals surface area contributed by atoms with Gasteiger partial charge in [-0.2, -0.15) is 5.26 Å². The third-order valence-electron chi connectivity index (χ3n) is 11.2. The van der Waals surface area contributed by atoms with E-state index in [1.807, 2.05) is 66.7 Å². The Hall–Kier alpha value is -8.07. The maximum atomic E-state index is 10.7. The Morgan fingerprint density at radius 1 is 0.414 bits per heavy atom. The molecular weight excluding hydrogens is 707 g/mol. The second kappa shape index (κ2) is 13.6. The number of benzene rings is 8. The number of hydrogen-bond acceptors (Lipinski definition) is 3. The first kappa shape index (κ1) is 33.3. The first-order valence-corrected chi connectivity index (χ1v) is 19.4. The molecule has 0 saturated carbocycles. The molecule has 270 valence electrons. The molecule has 3 heterocycles. The zero-order chi connectivity index (χ0) is 38.6. The van der Waals surface area contributed by atoms with Crippen LogP contribution in [0.1, 0.15) is 5.56 Å². The number of nitrogens with zero attached hydrogens (tertiary/aromatic N) is 5. The standard InChI is InChI=1S/C53H33N5/c54-34-44-50(36-19-7-2-8-20-36)55-53(56-51(44)37-21-9-3-10-22-37)43-33-38(35-17-5-1-6-18-35)29-31-47(43)58-46-28-16-14-26-42(46)49-48(58)32-30-41-40-25-13-15-27-45(40)57(52(41)49)39-23-11-4-12-24-39/h1-33H. The zero-order valence-corrected chi connectivity index (χ0v) is 31.3. The molecule has 11 aromatic rings. The molecule has 0 atom stereocenters. The number of nitriles is 1. The van der Waals surface area contributed by atoms with Crippen molar-refractivity contribution in [1.82, 2.24) is 19.1 Å². The average molecular weight is 740 g/mol. The van der Waals surface area contributed by atoms with Gasteiger partial charge in [0.15, 0.2) is 5.82 Å². The second-order valence-corrected chi connectivity index (χ2v) is 14.5. The molecule has 11 rings (SSSR count). The van der Waals surface area contributed by atoms with Gasteiger partial charge in [-0.1, -0.05) is 158 Å². The Kier molecular flexibility index (Phi) is 7.80. The number of rotatable bonds is 6. The van der Waals surface area contributed by atoms with E-state index in [1.54, 1.807) is 0 Å². The zero-order valence-electron chi connectivity index (χ0n) is 31.3. The minimum Gasteiger partial charge on any atom is -0.309 e. The molecule has 58 heavy (non-hydrogen) atoms. The fraction of sp³-hybridized carbons (Fsp3) is 0. The van der Waals surface area contributed by atoms with Crippen molar-refractivity contribution in [3.63, 3.8) is 0 Å². The van der Waals surface area contributed by atoms with Crippen molar-refractivity contribution in [2.75, 3.05) is 0 Å². The van der Waals surface area contributed by atoms with E-state index < -0.39 is 0 Å². The van der Waals surface area contributed by atoms with Crippen molar-refractivity contribution < 1.29 is 0 Å². The van der Waals surface area contributed by atoms with Crippen LogP contribution >= 0.6 is 0 Å². The van der Waals surface area contributed by atoms with Crippen molar-refractivity contribution >= 4 is 43.6 Å². The Balaban J connectivity index is 1.28. The summed E-state index contributed by atoms with van der Waals surface area (Å²) in [6.45, 7) is 0. The van der Waals surface area contributed by atoms with Gasteiger partial charge in [-0.25, -0.2) is 9.97 Å². The third-order valence-corrected chi connectivity index (χ3v) is 11.2. The van der Waals surface area contributed by atoms with Crippen LogP contribution in [0.2, 0.25) is 0 Å². The molecule has 0 bridgehead atoms. The molecule has 0 saturated heterocycles. The molecule has 3 aromatic heterocycles. The largest absolute Gasteiger partial charge is 0.309 e. The maximum Gasteiger partial charge on any atom is 0.162 e. The van der Waals surface area contributed by atoms with Crippen LogP contribution in [0.3, 0.4) is 0 Å². The normalized spacial score (nSPS) is 11.4. The van der Waals surface area contributed by atoms with Gasteiger partial charge in [-0.15, -0.1) is 0 Å². The topological polar surface area (TPSA) is 59.4 Å². The van der Waals surface area contributed by atoms with Crippen LogP contribution in [0.5, 0.6) is 0 Å². The van der Waals surface area contributed by atoms with E-state index in [0.29, 0.717) is 22.8 Å². The number of fused-ring (bicyclic) bond motifs is 7. The summed E-state index contributed by atoms with van der Waals surface area (Å²) >= 11 is 0. The van der Waals surface area contributed by atoms with Crippen LogP contribution in [0.25, 0.3) is 100 Å². The predicted octanol–water partition coefficient (Wildman–Crippen LogP) is 13.2. The summed E-state index contributed by atoms with van der Waals surface area (Å²) in [4.78, 5) is 10.6. The molecule has 0 unspecified atom stereocenters. The lowest BCUT2D eigenvalue weighted by Crippen LogP contribution is -2.04. The minimum absolute atomic E-state index is 0.440. The van der Waals surface area contributed by atoms with Gasteiger partial charge in [0.2, 0.25) is 0 Å². The van der Waals surface area contributed by atoms with Crippen molar-refractivity contribution in [3.8, 4) is 62.5 Å². The van der Waals surface area contributed by atoms with E-state index in [-0.39, 0.29) is 0 Å². The molecule has 0 fully saturated rings. The fourth-order valence-electron chi connectivity index (χ4n) is 8.63.